The number of primary amides is 1. The van der Waals surface area contributed by atoms with Crippen molar-refractivity contribution >= 4 is 6.03 Å². The van der Waals surface area contributed by atoms with Crippen LogP contribution in [0.25, 0.3) is 0 Å². The molecule has 34 heavy (non-hydrogen) atoms. The predicted octanol–water partition coefficient (Wildman–Crippen LogP) is 4.45. The monoisotopic (exact) mass is 459 g/mol. The van der Waals surface area contributed by atoms with E-state index >= 15 is 0 Å². The van der Waals surface area contributed by atoms with E-state index in [1.807, 2.05) is 36.4 Å². The van der Waals surface area contributed by atoms with Crippen molar-refractivity contribution in [2.45, 2.75) is 31.9 Å². The lowest BCUT2D eigenvalue weighted by atomic mass is 9.88. The number of nitrogens with one attached hydrogen (secondary N) is 1. The van der Waals surface area contributed by atoms with Gasteiger partial charge in [0.2, 0.25) is 0 Å². The lowest BCUT2D eigenvalue weighted by Gasteiger charge is -2.28. The van der Waals surface area contributed by atoms with Gasteiger partial charge in [-0.1, -0.05) is 84.9 Å². The van der Waals surface area contributed by atoms with E-state index in [0.717, 1.165) is 24.9 Å². The van der Waals surface area contributed by atoms with E-state index in [4.69, 9.17) is 10.5 Å². The fraction of sp³-hybridized carbons (Fsp3) is 0.345. The lowest BCUT2D eigenvalue weighted by Crippen LogP contribution is -2.46. The number of hydrogen-bond donors (Lipinski definition) is 2. The van der Waals surface area contributed by atoms with E-state index < -0.39 is 6.03 Å². The van der Waals surface area contributed by atoms with E-state index in [1.54, 1.807) is 0 Å². The minimum absolute atomic E-state index is 0.0732. The number of rotatable bonds is 13. The highest BCUT2D eigenvalue weighted by molar-refractivity contribution is 5.72. The van der Waals surface area contributed by atoms with Crippen LogP contribution >= 0.6 is 0 Å². The molecule has 0 saturated carbocycles. The fourth-order valence-electron chi connectivity index (χ4n) is 4.17. The van der Waals surface area contributed by atoms with E-state index in [9.17, 15) is 4.79 Å². The highest BCUT2D eigenvalue weighted by Gasteiger charge is 2.24. The zero-order valence-corrected chi connectivity index (χ0v) is 20.3. The first kappa shape index (κ1) is 25.5. The van der Waals surface area contributed by atoms with Crippen LogP contribution in [0.5, 0.6) is 0 Å². The molecular formula is C29H37N3O2. The summed E-state index contributed by atoms with van der Waals surface area (Å²) in [7, 11) is 4.17. The maximum absolute atomic E-state index is 12.0. The maximum atomic E-state index is 12.0. The Morgan fingerprint density at radius 1 is 0.853 bits per heavy atom. The van der Waals surface area contributed by atoms with Crippen LogP contribution in [0.2, 0.25) is 0 Å². The molecule has 0 aliphatic carbocycles. The molecule has 5 heteroatoms. The summed E-state index contributed by atoms with van der Waals surface area (Å²) >= 11 is 0. The number of carbonyl (C=O) groups is 1. The highest BCUT2D eigenvalue weighted by Crippen LogP contribution is 2.19. The first-order chi connectivity index (χ1) is 16.5. The largest absolute Gasteiger partial charge is 0.376 e. The average molecular weight is 460 g/mol. The molecule has 180 valence electrons. The second-order valence-corrected chi connectivity index (χ2v) is 9.14. The summed E-state index contributed by atoms with van der Waals surface area (Å²) in [6.07, 6.45) is 2.48. The first-order valence-electron chi connectivity index (χ1n) is 11.9. The Labute approximate surface area is 203 Å². The number of urea groups is 1. The SMILES string of the molecule is CN(C)CCc1cccc(CC(NC(N)=O)[C@@H](COCc2ccccc2)Cc2ccccc2)c1. The summed E-state index contributed by atoms with van der Waals surface area (Å²) in [6.45, 7) is 2.06. The number of ether oxygens (including phenoxy) is 1. The summed E-state index contributed by atoms with van der Waals surface area (Å²) in [5, 5.41) is 3.02. The van der Waals surface area contributed by atoms with Crippen molar-refractivity contribution in [2.24, 2.45) is 11.7 Å². The summed E-state index contributed by atoms with van der Waals surface area (Å²) in [6, 6.07) is 28.5. The standard InChI is InChI=1S/C29H37N3O2/c1-32(2)17-16-24-14-9-15-26(18-24)20-28(31-29(30)33)27(19-23-10-5-3-6-11-23)22-34-21-25-12-7-4-8-13-25/h3-15,18,27-28H,16-17,19-22H2,1-2H3,(H3,30,31,33)/t27-,28?/m1/s1. The minimum Gasteiger partial charge on any atom is -0.376 e. The molecule has 3 aromatic carbocycles. The molecule has 5 nitrogen and oxygen atoms in total. The van der Waals surface area contributed by atoms with Crippen molar-refractivity contribution in [3.8, 4) is 0 Å². The van der Waals surface area contributed by atoms with E-state index in [2.05, 4.69) is 72.8 Å². The molecule has 0 aromatic heterocycles. The van der Waals surface area contributed by atoms with Gasteiger partial charge in [0.15, 0.2) is 0 Å². The minimum atomic E-state index is -0.505. The molecular weight excluding hydrogens is 422 g/mol. The Kier molecular flexibility index (Phi) is 10.1. The zero-order chi connectivity index (χ0) is 24.2. The highest BCUT2D eigenvalue weighted by atomic mass is 16.5. The molecule has 1 unspecified atom stereocenters. The summed E-state index contributed by atoms with van der Waals surface area (Å²) in [4.78, 5) is 14.1. The van der Waals surface area contributed by atoms with Gasteiger partial charge in [-0.15, -0.1) is 0 Å². The second-order valence-electron chi connectivity index (χ2n) is 9.14. The van der Waals surface area contributed by atoms with Crippen LogP contribution in [0.4, 0.5) is 4.79 Å². The van der Waals surface area contributed by atoms with Gasteiger partial charge in [0.05, 0.1) is 13.2 Å². The van der Waals surface area contributed by atoms with Gasteiger partial charge >= 0.3 is 6.03 Å². The molecule has 0 aliphatic heterocycles. The summed E-state index contributed by atoms with van der Waals surface area (Å²) in [5.41, 5.74) is 10.4. The summed E-state index contributed by atoms with van der Waals surface area (Å²) < 4.78 is 6.15. The number of benzene rings is 3. The Morgan fingerprint density at radius 3 is 2.12 bits per heavy atom. The van der Waals surface area contributed by atoms with Crippen molar-refractivity contribution in [2.75, 3.05) is 27.2 Å². The van der Waals surface area contributed by atoms with Crippen LogP contribution in [-0.2, 0) is 30.6 Å². The number of carbonyl (C=O) groups excluding carboxylic acids is 1. The van der Waals surface area contributed by atoms with Gasteiger partial charge in [-0.2, -0.15) is 0 Å². The maximum Gasteiger partial charge on any atom is 0.312 e. The van der Waals surface area contributed by atoms with Gasteiger partial charge in [0, 0.05) is 18.5 Å². The zero-order valence-electron chi connectivity index (χ0n) is 20.3. The van der Waals surface area contributed by atoms with Crippen LogP contribution in [-0.4, -0.2) is 44.2 Å². The van der Waals surface area contributed by atoms with Crippen LogP contribution in [0.3, 0.4) is 0 Å². The van der Waals surface area contributed by atoms with E-state index in [0.29, 0.717) is 19.6 Å². The molecule has 0 aliphatic rings. The van der Waals surface area contributed by atoms with Gasteiger partial charge in [-0.3, -0.25) is 0 Å². The molecule has 0 bridgehead atoms. The number of nitrogens with two attached hydrogens (primary N) is 1. The first-order valence-corrected chi connectivity index (χ1v) is 11.9. The number of likely N-dealkylation sites (N-methyl/N-ethyl adjacent to an activating group) is 1. The number of hydrogen-bond acceptors (Lipinski definition) is 3. The molecule has 0 saturated heterocycles. The summed E-state index contributed by atoms with van der Waals surface area (Å²) in [5.74, 6) is 0.0732. The number of amides is 2. The van der Waals surface area contributed by atoms with Gasteiger partial charge in [-0.25, -0.2) is 4.79 Å². The van der Waals surface area contributed by atoms with Crippen LogP contribution in [0, 0.1) is 5.92 Å². The van der Waals surface area contributed by atoms with Crippen LogP contribution < -0.4 is 11.1 Å². The van der Waals surface area contributed by atoms with Crippen LogP contribution in [0.15, 0.2) is 84.9 Å². The average Bonchev–Trinajstić information content (AvgIpc) is 2.83. The van der Waals surface area contributed by atoms with Crippen molar-refractivity contribution in [1.29, 1.82) is 0 Å². The molecule has 0 spiro atoms. The molecule has 2 amide bonds. The van der Waals surface area contributed by atoms with E-state index in [-0.39, 0.29) is 12.0 Å². The molecule has 2 atom stereocenters. The smallest absolute Gasteiger partial charge is 0.312 e. The van der Waals surface area contributed by atoms with Gasteiger partial charge < -0.3 is 20.7 Å². The Hall–Kier alpha value is -3.15. The third-order valence-corrected chi connectivity index (χ3v) is 5.98. The third-order valence-electron chi connectivity index (χ3n) is 5.98. The Morgan fingerprint density at radius 2 is 1.47 bits per heavy atom. The molecule has 3 rings (SSSR count). The predicted molar refractivity (Wildman–Crippen MR) is 139 cm³/mol. The van der Waals surface area contributed by atoms with Gasteiger partial charge in [0.25, 0.3) is 0 Å². The van der Waals surface area contributed by atoms with Crippen molar-refractivity contribution in [3.05, 3.63) is 107 Å². The lowest BCUT2D eigenvalue weighted by molar-refractivity contribution is 0.0743. The quantitative estimate of drug-likeness (QED) is 0.397. The molecule has 0 heterocycles. The topological polar surface area (TPSA) is 67.6 Å². The van der Waals surface area contributed by atoms with E-state index in [1.165, 1.54) is 16.7 Å². The Balaban J connectivity index is 1.76. The molecule has 3 aromatic rings. The Bertz CT molecular complexity index is 993. The van der Waals surface area contributed by atoms with Crippen LogP contribution in [0.1, 0.15) is 22.3 Å². The molecule has 3 N–H and O–H groups in total. The third kappa shape index (κ3) is 9.00. The normalized spacial score (nSPS) is 12.9. The van der Waals surface area contributed by atoms with Crippen molar-refractivity contribution < 1.29 is 9.53 Å². The van der Waals surface area contributed by atoms with Gasteiger partial charge in [-0.05, 0) is 55.6 Å². The molecule has 0 fully saturated rings. The van der Waals surface area contributed by atoms with Gasteiger partial charge in [0.1, 0.15) is 0 Å². The molecule has 0 radical (unpaired) electrons. The number of nitrogens with zero attached hydrogens (tertiary/aromatic N) is 1. The van der Waals surface area contributed by atoms with Crippen molar-refractivity contribution in [1.82, 2.24) is 10.2 Å². The fourth-order valence-corrected chi connectivity index (χ4v) is 4.17. The second kappa shape index (κ2) is 13.5. The van der Waals surface area contributed by atoms with Crippen molar-refractivity contribution in [3.63, 3.8) is 0 Å².